The van der Waals surface area contributed by atoms with Crippen molar-refractivity contribution in [3.8, 4) is 5.75 Å². The normalized spacial score (nSPS) is 10.7. The molecule has 2 heterocycles. The lowest BCUT2D eigenvalue weighted by Crippen LogP contribution is -2.05. The molecule has 0 spiro atoms. The van der Waals surface area contributed by atoms with E-state index in [1.54, 1.807) is 7.11 Å². The summed E-state index contributed by atoms with van der Waals surface area (Å²) in [6.07, 6.45) is 2.01. The van der Waals surface area contributed by atoms with Gasteiger partial charge in [-0.3, -0.25) is 0 Å². The van der Waals surface area contributed by atoms with Gasteiger partial charge in [-0.15, -0.1) is 0 Å². The van der Waals surface area contributed by atoms with E-state index < -0.39 is 0 Å². The predicted octanol–water partition coefficient (Wildman–Crippen LogP) is 3.72. The first-order valence-corrected chi connectivity index (χ1v) is 7.07. The highest BCUT2D eigenvalue weighted by molar-refractivity contribution is 9.10. The van der Waals surface area contributed by atoms with E-state index in [0.29, 0.717) is 6.54 Å². The zero-order valence-electron chi connectivity index (χ0n) is 11.0. The van der Waals surface area contributed by atoms with Crippen molar-refractivity contribution < 1.29 is 4.74 Å². The summed E-state index contributed by atoms with van der Waals surface area (Å²) in [7, 11) is 1.67. The molecule has 0 amide bonds. The highest BCUT2D eigenvalue weighted by atomic mass is 79.9. The van der Waals surface area contributed by atoms with E-state index >= 15 is 0 Å². The molecule has 0 unspecified atom stereocenters. The molecule has 1 N–H and O–H groups in total. The number of methoxy groups -OCH3 is 1. The minimum absolute atomic E-state index is 0.622. The molecule has 20 heavy (non-hydrogen) atoms. The summed E-state index contributed by atoms with van der Waals surface area (Å²) in [5.41, 5.74) is 2.02. The summed E-state index contributed by atoms with van der Waals surface area (Å²) in [5.74, 6) is 1.77. The summed E-state index contributed by atoms with van der Waals surface area (Å²) in [6, 6.07) is 13.9. The van der Waals surface area contributed by atoms with Crippen molar-refractivity contribution in [2.75, 3.05) is 12.4 Å². The van der Waals surface area contributed by atoms with Gasteiger partial charge < -0.3 is 14.5 Å². The van der Waals surface area contributed by atoms with Crippen LogP contribution in [0.25, 0.3) is 5.52 Å². The van der Waals surface area contributed by atoms with Gasteiger partial charge in [-0.2, -0.15) is 0 Å². The standard InChI is InChI=1S/C15H14BrN3O/c1-20-13-8-3-2-6-11(13)17-10-14-18-15(16)12-7-4-5-9-19(12)14/h2-9,17H,10H2,1H3. The summed E-state index contributed by atoms with van der Waals surface area (Å²) in [5, 5.41) is 3.36. The fourth-order valence-corrected chi connectivity index (χ4v) is 2.68. The van der Waals surface area contributed by atoms with Crippen LogP contribution in [0.5, 0.6) is 5.75 Å². The molecule has 3 rings (SSSR count). The van der Waals surface area contributed by atoms with E-state index in [1.807, 2.05) is 48.7 Å². The lowest BCUT2D eigenvalue weighted by molar-refractivity contribution is 0.416. The van der Waals surface area contributed by atoms with Crippen LogP contribution in [0.2, 0.25) is 0 Å². The van der Waals surface area contributed by atoms with Gasteiger partial charge in [0.2, 0.25) is 0 Å². The topological polar surface area (TPSA) is 38.6 Å². The third-order valence-electron chi connectivity index (χ3n) is 3.12. The maximum absolute atomic E-state index is 5.33. The Bertz CT molecular complexity index is 739. The first-order chi connectivity index (χ1) is 9.79. The van der Waals surface area contributed by atoms with Crippen LogP contribution in [-0.2, 0) is 6.54 Å². The molecular formula is C15H14BrN3O. The van der Waals surface area contributed by atoms with Crippen molar-refractivity contribution in [1.82, 2.24) is 9.38 Å². The number of hydrogen-bond acceptors (Lipinski definition) is 3. The first kappa shape index (κ1) is 13.0. The molecule has 0 aliphatic carbocycles. The fourth-order valence-electron chi connectivity index (χ4n) is 2.15. The summed E-state index contributed by atoms with van der Waals surface area (Å²) in [4.78, 5) is 4.54. The number of nitrogens with one attached hydrogen (secondary N) is 1. The quantitative estimate of drug-likeness (QED) is 0.791. The second kappa shape index (κ2) is 5.54. The molecule has 4 nitrogen and oxygen atoms in total. The predicted molar refractivity (Wildman–Crippen MR) is 83.2 cm³/mol. The van der Waals surface area contributed by atoms with Gasteiger partial charge in [0.25, 0.3) is 0 Å². The monoisotopic (exact) mass is 331 g/mol. The van der Waals surface area contributed by atoms with Crippen molar-refractivity contribution in [3.05, 3.63) is 59.1 Å². The Hall–Kier alpha value is -2.01. The zero-order valence-corrected chi connectivity index (χ0v) is 12.6. The minimum Gasteiger partial charge on any atom is -0.495 e. The fraction of sp³-hybridized carbons (Fsp3) is 0.133. The van der Waals surface area contributed by atoms with E-state index in [-0.39, 0.29) is 0 Å². The number of anilines is 1. The average Bonchev–Trinajstić information content (AvgIpc) is 2.82. The summed E-state index contributed by atoms with van der Waals surface area (Å²) < 4.78 is 8.25. The second-order valence-electron chi connectivity index (χ2n) is 4.33. The SMILES string of the molecule is COc1ccccc1NCc1nc(Br)c2ccccn12. The summed E-state index contributed by atoms with van der Waals surface area (Å²) >= 11 is 3.49. The van der Waals surface area contributed by atoms with E-state index in [2.05, 4.69) is 30.6 Å². The lowest BCUT2D eigenvalue weighted by Gasteiger charge is -2.10. The molecule has 0 bridgehead atoms. The average molecular weight is 332 g/mol. The first-order valence-electron chi connectivity index (χ1n) is 6.28. The zero-order chi connectivity index (χ0) is 13.9. The Kier molecular flexibility index (Phi) is 3.60. The van der Waals surface area contributed by atoms with Gasteiger partial charge >= 0.3 is 0 Å². The number of benzene rings is 1. The largest absolute Gasteiger partial charge is 0.495 e. The molecule has 0 aliphatic rings. The molecule has 5 heteroatoms. The van der Waals surface area contributed by atoms with Crippen LogP contribution in [0.15, 0.2) is 53.3 Å². The second-order valence-corrected chi connectivity index (χ2v) is 5.08. The smallest absolute Gasteiger partial charge is 0.141 e. The minimum atomic E-state index is 0.622. The Morgan fingerprint density at radius 3 is 2.85 bits per heavy atom. The van der Waals surface area contributed by atoms with Crippen LogP contribution in [-0.4, -0.2) is 16.5 Å². The molecule has 0 saturated carbocycles. The molecule has 0 aliphatic heterocycles. The van der Waals surface area contributed by atoms with Gasteiger partial charge in [0, 0.05) is 6.20 Å². The molecule has 0 radical (unpaired) electrons. The Morgan fingerprint density at radius 1 is 1.20 bits per heavy atom. The van der Waals surface area contributed by atoms with Crippen LogP contribution >= 0.6 is 15.9 Å². The maximum atomic E-state index is 5.33. The maximum Gasteiger partial charge on any atom is 0.141 e. The molecule has 102 valence electrons. The molecule has 0 fully saturated rings. The van der Waals surface area contributed by atoms with Crippen LogP contribution in [0.1, 0.15) is 5.82 Å². The Labute approximate surface area is 125 Å². The lowest BCUT2D eigenvalue weighted by atomic mass is 10.3. The highest BCUT2D eigenvalue weighted by Crippen LogP contribution is 2.24. The van der Waals surface area contributed by atoms with Gasteiger partial charge in [-0.25, -0.2) is 4.98 Å². The van der Waals surface area contributed by atoms with Crippen molar-refractivity contribution >= 4 is 27.1 Å². The number of aromatic nitrogens is 2. The van der Waals surface area contributed by atoms with E-state index in [0.717, 1.165) is 27.4 Å². The van der Waals surface area contributed by atoms with Crippen LogP contribution < -0.4 is 10.1 Å². The molecule has 0 atom stereocenters. The number of ether oxygens (including phenoxy) is 1. The molecular weight excluding hydrogens is 318 g/mol. The molecule has 2 aromatic heterocycles. The number of pyridine rings is 1. The summed E-state index contributed by atoms with van der Waals surface area (Å²) in [6.45, 7) is 0.622. The third kappa shape index (κ3) is 2.36. The van der Waals surface area contributed by atoms with Gasteiger partial charge in [-0.1, -0.05) is 18.2 Å². The number of fused-ring (bicyclic) bond motifs is 1. The molecule has 0 saturated heterocycles. The van der Waals surface area contributed by atoms with Crippen molar-refractivity contribution in [3.63, 3.8) is 0 Å². The van der Waals surface area contributed by atoms with E-state index in [1.165, 1.54) is 0 Å². The molecule has 1 aromatic carbocycles. The van der Waals surface area contributed by atoms with Crippen molar-refractivity contribution in [2.24, 2.45) is 0 Å². The van der Waals surface area contributed by atoms with Crippen LogP contribution in [0, 0.1) is 0 Å². The number of halogens is 1. The number of nitrogens with zero attached hydrogens (tertiary/aromatic N) is 2. The van der Waals surface area contributed by atoms with Gasteiger partial charge in [0.05, 0.1) is 24.9 Å². The van der Waals surface area contributed by atoms with Crippen LogP contribution in [0.4, 0.5) is 5.69 Å². The van der Waals surface area contributed by atoms with Gasteiger partial charge in [0.1, 0.15) is 16.2 Å². The third-order valence-corrected chi connectivity index (χ3v) is 3.70. The van der Waals surface area contributed by atoms with Crippen LogP contribution in [0.3, 0.4) is 0 Å². The van der Waals surface area contributed by atoms with E-state index in [9.17, 15) is 0 Å². The van der Waals surface area contributed by atoms with Crippen molar-refractivity contribution in [1.29, 1.82) is 0 Å². The molecule has 3 aromatic rings. The number of hydrogen-bond donors (Lipinski definition) is 1. The number of para-hydroxylation sites is 2. The number of imidazole rings is 1. The van der Waals surface area contributed by atoms with Crippen molar-refractivity contribution in [2.45, 2.75) is 6.54 Å². The van der Waals surface area contributed by atoms with Gasteiger partial charge in [-0.05, 0) is 40.2 Å². The Morgan fingerprint density at radius 2 is 2.00 bits per heavy atom. The highest BCUT2D eigenvalue weighted by Gasteiger charge is 2.08. The van der Waals surface area contributed by atoms with E-state index in [4.69, 9.17) is 4.74 Å². The van der Waals surface area contributed by atoms with Gasteiger partial charge in [0.15, 0.2) is 0 Å². The number of rotatable bonds is 4. The Balaban J connectivity index is 1.87.